The summed E-state index contributed by atoms with van der Waals surface area (Å²) in [4.78, 5) is 12.2. The van der Waals surface area contributed by atoms with Gasteiger partial charge in [0, 0.05) is 18.0 Å². The molecule has 0 aromatic rings. The maximum Gasteiger partial charge on any atom is 0.223 e. The minimum absolute atomic E-state index is 0.125. The minimum atomic E-state index is 0.125. The van der Waals surface area contributed by atoms with Crippen molar-refractivity contribution in [2.24, 2.45) is 23.5 Å². The van der Waals surface area contributed by atoms with E-state index in [1.54, 1.807) is 0 Å². The van der Waals surface area contributed by atoms with Crippen molar-refractivity contribution >= 4 is 5.91 Å². The zero-order chi connectivity index (χ0) is 13.0. The molecular formula is C14H28N2O. The second-order valence-corrected chi connectivity index (χ2v) is 5.95. The number of amides is 1. The molecule has 17 heavy (non-hydrogen) atoms. The average Bonchev–Trinajstić information content (AvgIpc) is 2.26. The second-order valence-electron chi connectivity index (χ2n) is 5.95. The molecule has 3 heteroatoms. The molecule has 0 radical (unpaired) electrons. The largest absolute Gasteiger partial charge is 0.353 e. The number of nitrogens with two attached hydrogens (primary N) is 1. The fourth-order valence-electron chi connectivity index (χ4n) is 2.71. The Bertz CT molecular complexity index is 245. The highest BCUT2D eigenvalue weighted by Gasteiger charge is 2.30. The van der Waals surface area contributed by atoms with Gasteiger partial charge in [-0.25, -0.2) is 0 Å². The fraction of sp³-hybridized carbons (Fsp3) is 0.929. The van der Waals surface area contributed by atoms with E-state index in [1.165, 1.54) is 0 Å². The molecule has 1 aliphatic carbocycles. The van der Waals surface area contributed by atoms with Crippen molar-refractivity contribution in [2.75, 3.05) is 0 Å². The lowest BCUT2D eigenvalue weighted by Gasteiger charge is -2.32. The first-order valence-corrected chi connectivity index (χ1v) is 7.00. The molecule has 3 N–H and O–H groups in total. The third-order valence-corrected chi connectivity index (χ3v) is 4.22. The Morgan fingerprint density at radius 3 is 2.53 bits per heavy atom. The number of nitrogens with one attached hydrogen (secondary N) is 1. The highest BCUT2D eigenvalue weighted by atomic mass is 16.1. The van der Waals surface area contributed by atoms with Gasteiger partial charge in [0.15, 0.2) is 0 Å². The van der Waals surface area contributed by atoms with Crippen LogP contribution < -0.4 is 11.1 Å². The van der Waals surface area contributed by atoms with Crippen molar-refractivity contribution in [3.05, 3.63) is 0 Å². The van der Waals surface area contributed by atoms with Gasteiger partial charge in [-0.3, -0.25) is 4.79 Å². The predicted molar refractivity (Wildman–Crippen MR) is 71.5 cm³/mol. The van der Waals surface area contributed by atoms with Crippen LogP contribution in [0, 0.1) is 17.8 Å². The van der Waals surface area contributed by atoms with E-state index in [2.05, 4.69) is 33.0 Å². The van der Waals surface area contributed by atoms with Crippen molar-refractivity contribution < 1.29 is 4.79 Å². The van der Waals surface area contributed by atoms with Gasteiger partial charge >= 0.3 is 0 Å². The first-order chi connectivity index (χ1) is 7.93. The van der Waals surface area contributed by atoms with Crippen LogP contribution in [0.2, 0.25) is 0 Å². The Morgan fingerprint density at radius 2 is 2.00 bits per heavy atom. The van der Waals surface area contributed by atoms with Gasteiger partial charge in [0.05, 0.1) is 0 Å². The van der Waals surface area contributed by atoms with Gasteiger partial charge in [-0.2, -0.15) is 0 Å². The van der Waals surface area contributed by atoms with E-state index in [9.17, 15) is 4.79 Å². The molecule has 100 valence electrons. The van der Waals surface area contributed by atoms with Gasteiger partial charge in [-0.15, -0.1) is 0 Å². The molecule has 0 bridgehead atoms. The van der Waals surface area contributed by atoms with Crippen molar-refractivity contribution in [2.45, 2.75) is 65.5 Å². The van der Waals surface area contributed by atoms with Crippen molar-refractivity contribution in [1.82, 2.24) is 5.32 Å². The summed E-state index contributed by atoms with van der Waals surface area (Å²) < 4.78 is 0. The van der Waals surface area contributed by atoms with E-state index in [4.69, 9.17) is 5.73 Å². The zero-order valence-corrected chi connectivity index (χ0v) is 11.7. The second kappa shape index (κ2) is 6.39. The van der Waals surface area contributed by atoms with Crippen molar-refractivity contribution in [1.29, 1.82) is 0 Å². The van der Waals surface area contributed by atoms with Gasteiger partial charge < -0.3 is 11.1 Å². The molecule has 1 fully saturated rings. The van der Waals surface area contributed by atoms with Gasteiger partial charge in [-0.1, -0.05) is 27.2 Å². The van der Waals surface area contributed by atoms with E-state index in [0.29, 0.717) is 11.8 Å². The fourth-order valence-corrected chi connectivity index (χ4v) is 2.71. The Labute approximate surface area is 106 Å². The molecule has 0 saturated heterocycles. The summed E-state index contributed by atoms with van der Waals surface area (Å²) >= 11 is 0. The molecule has 5 unspecified atom stereocenters. The van der Waals surface area contributed by atoms with Crippen LogP contribution in [0.3, 0.4) is 0 Å². The standard InChI is InChI=1S/C14H28N2O/c1-5-10(3)11(4)16-14(17)12-6-9(2)7-13(15)8-12/h9-13H,5-8,15H2,1-4H3,(H,16,17). The number of hydrogen-bond acceptors (Lipinski definition) is 2. The van der Waals surface area contributed by atoms with E-state index in [-0.39, 0.29) is 23.9 Å². The Balaban J connectivity index is 2.46. The van der Waals surface area contributed by atoms with Crippen molar-refractivity contribution in [3.63, 3.8) is 0 Å². The molecule has 0 aromatic carbocycles. The third kappa shape index (κ3) is 4.30. The highest BCUT2D eigenvalue weighted by Crippen LogP contribution is 2.28. The lowest BCUT2D eigenvalue weighted by atomic mass is 9.79. The normalized spacial score (nSPS) is 32.9. The Hall–Kier alpha value is -0.570. The quantitative estimate of drug-likeness (QED) is 0.792. The van der Waals surface area contributed by atoms with Crippen LogP contribution in [0.25, 0.3) is 0 Å². The molecule has 5 atom stereocenters. The zero-order valence-electron chi connectivity index (χ0n) is 11.7. The molecule has 1 saturated carbocycles. The van der Waals surface area contributed by atoms with Gasteiger partial charge in [0.1, 0.15) is 0 Å². The third-order valence-electron chi connectivity index (χ3n) is 4.22. The number of rotatable bonds is 4. The lowest BCUT2D eigenvalue weighted by molar-refractivity contribution is -0.127. The Morgan fingerprint density at radius 1 is 1.35 bits per heavy atom. The smallest absolute Gasteiger partial charge is 0.223 e. The monoisotopic (exact) mass is 240 g/mol. The van der Waals surface area contributed by atoms with E-state index >= 15 is 0 Å². The van der Waals surface area contributed by atoms with E-state index in [0.717, 1.165) is 25.7 Å². The molecular weight excluding hydrogens is 212 g/mol. The van der Waals surface area contributed by atoms with Gasteiger partial charge in [0.2, 0.25) is 5.91 Å². The summed E-state index contributed by atoms with van der Waals surface area (Å²) in [5.74, 6) is 1.45. The molecule has 0 aromatic heterocycles. The summed E-state index contributed by atoms with van der Waals surface area (Å²) in [6.07, 6.45) is 4.00. The molecule has 0 heterocycles. The molecule has 1 aliphatic rings. The van der Waals surface area contributed by atoms with Gasteiger partial charge in [-0.05, 0) is 38.0 Å². The van der Waals surface area contributed by atoms with E-state index in [1.807, 2.05) is 0 Å². The maximum atomic E-state index is 12.2. The molecule has 1 amide bonds. The first-order valence-electron chi connectivity index (χ1n) is 7.00. The maximum absolute atomic E-state index is 12.2. The highest BCUT2D eigenvalue weighted by molar-refractivity contribution is 5.79. The summed E-state index contributed by atoms with van der Waals surface area (Å²) in [5, 5.41) is 3.15. The number of hydrogen-bond donors (Lipinski definition) is 2. The van der Waals surface area contributed by atoms with Crippen LogP contribution >= 0.6 is 0 Å². The van der Waals surface area contributed by atoms with Crippen LogP contribution in [0.4, 0.5) is 0 Å². The summed E-state index contributed by atoms with van der Waals surface area (Å²) in [6.45, 7) is 8.63. The predicted octanol–water partition coefficient (Wildman–Crippen LogP) is 2.30. The van der Waals surface area contributed by atoms with Crippen LogP contribution in [-0.2, 0) is 4.79 Å². The Kier molecular flexibility index (Phi) is 5.44. The molecule has 0 aliphatic heterocycles. The average molecular weight is 240 g/mol. The van der Waals surface area contributed by atoms with E-state index < -0.39 is 0 Å². The minimum Gasteiger partial charge on any atom is -0.353 e. The molecule has 0 spiro atoms. The molecule has 3 nitrogen and oxygen atoms in total. The van der Waals surface area contributed by atoms with Crippen LogP contribution in [0.5, 0.6) is 0 Å². The van der Waals surface area contributed by atoms with Gasteiger partial charge in [0.25, 0.3) is 0 Å². The summed E-state index contributed by atoms with van der Waals surface area (Å²) in [7, 11) is 0. The SMILES string of the molecule is CCC(C)C(C)NC(=O)C1CC(C)CC(N)C1. The first kappa shape index (κ1) is 14.5. The topological polar surface area (TPSA) is 55.1 Å². The van der Waals surface area contributed by atoms with Crippen molar-refractivity contribution in [3.8, 4) is 0 Å². The van der Waals surface area contributed by atoms with Crippen LogP contribution in [0.15, 0.2) is 0 Å². The van der Waals surface area contributed by atoms with Crippen LogP contribution in [-0.4, -0.2) is 18.0 Å². The number of carbonyl (C=O) groups excluding carboxylic acids is 1. The summed E-state index contributed by atoms with van der Waals surface area (Å²) in [6, 6.07) is 0.467. The summed E-state index contributed by atoms with van der Waals surface area (Å²) in [5.41, 5.74) is 5.99. The van der Waals surface area contributed by atoms with Crippen LogP contribution in [0.1, 0.15) is 53.4 Å². The number of carbonyl (C=O) groups is 1. The lowest BCUT2D eigenvalue weighted by Crippen LogP contribution is -2.44. The molecule has 1 rings (SSSR count).